The van der Waals surface area contributed by atoms with Crippen LogP contribution in [0, 0.1) is 6.92 Å². The van der Waals surface area contributed by atoms with E-state index in [-0.39, 0.29) is 11.8 Å². The molecule has 0 aliphatic heterocycles. The number of benzene rings is 1. The van der Waals surface area contributed by atoms with E-state index in [1.165, 1.54) is 7.11 Å². The fourth-order valence-electron chi connectivity index (χ4n) is 1.76. The minimum atomic E-state index is -0.178. The van der Waals surface area contributed by atoms with Gasteiger partial charge in [0.05, 0.1) is 12.7 Å². The first-order valence-corrected chi connectivity index (χ1v) is 6.58. The normalized spacial score (nSPS) is 10.0. The van der Waals surface area contributed by atoms with E-state index in [1.54, 1.807) is 31.1 Å². The SMILES string of the molecule is COc1ccc(C)cc1C(=O)NCCCC(=O)N(C)C. The number of nitrogens with one attached hydrogen (secondary N) is 1. The van der Waals surface area contributed by atoms with Crippen molar-refractivity contribution in [3.05, 3.63) is 29.3 Å². The molecule has 20 heavy (non-hydrogen) atoms. The van der Waals surface area contributed by atoms with Crippen molar-refractivity contribution in [2.75, 3.05) is 27.7 Å². The van der Waals surface area contributed by atoms with Gasteiger partial charge in [0.2, 0.25) is 5.91 Å². The second-order valence-corrected chi connectivity index (χ2v) is 4.85. The van der Waals surface area contributed by atoms with Crippen molar-refractivity contribution >= 4 is 11.8 Å². The van der Waals surface area contributed by atoms with Crippen LogP contribution in [0.2, 0.25) is 0 Å². The lowest BCUT2D eigenvalue weighted by molar-refractivity contribution is -0.128. The van der Waals surface area contributed by atoms with Gasteiger partial charge in [-0.3, -0.25) is 9.59 Å². The maximum absolute atomic E-state index is 12.1. The van der Waals surface area contributed by atoms with E-state index in [9.17, 15) is 9.59 Å². The first kappa shape index (κ1) is 16.0. The molecule has 0 aromatic heterocycles. The van der Waals surface area contributed by atoms with E-state index in [1.807, 2.05) is 13.0 Å². The summed E-state index contributed by atoms with van der Waals surface area (Å²) in [7, 11) is 4.98. The number of aryl methyl sites for hydroxylation is 1. The standard InChI is InChI=1S/C15H22N2O3/c1-11-7-8-13(20-4)12(10-11)15(19)16-9-5-6-14(18)17(2)3/h7-8,10H,5-6,9H2,1-4H3,(H,16,19). The van der Waals surface area contributed by atoms with Crippen LogP contribution in [-0.4, -0.2) is 44.5 Å². The van der Waals surface area contributed by atoms with Crippen LogP contribution < -0.4 is 10.1 Å². The molecule has 110 valence electrons. The molecule has 0 aliphatic carbocycles. The number of amides is 2. The number of carbonyl (C=O) groups excluding carboxylic acids is 2. The molecule has 1 rings (SSSR count). The fraction of sp³-hybridized carbons (Fsp3) is 0.467. The second kappa shape index (κ2) is 7.53. The highest BCUT2D eigenvalue weighted by Gasteiger charge is 2.12. The molecule has 2 amide bonds. The molecule has 0 bridgehead atoms. The zero-order valence-corrected chi connectivity index (χ0v) is 12.5. The summed E-state index contributed by atoms with van der Waals surface area (Å²) in [6.07, 6.45) is 1.05. The van der Waals surface area contributed by atoms with Crippen LogP contribution in [0.4, 0.5) is 0 Å². The van der Waals surface area contributed by atoms with Gasteiger partial charge in [-0.2, -0.15) is 0 Å². The second-order valence-electron chi connectivity index (χ2n) is 4.85. The topological polar surface area (TPSA) is 58.6 Å². The molecule has 0 unspecified atom stereocenters. The number of carbonyl (C=O) groups is 2. The van der Waals surface area contributed by atoms with Gasteiger partial charge in [-0.05, 0) is 25.5 Å². The molecule has 0 saturated carbocycles. The lowest BCUT2D eigenvalue weighted by Crippen LogP contribution is -2.27. The van der Waals surface area contributed by atoms with Crippen molar-refractivity contribution in [3.63, 3.8) is 0 Å². The minimum Gasteiger partial charge on any atom is -0.496 e. The van der Waals surface area contributed by atoms with Gasteiger partial charge < -0.3 is 15.0 Å². The Kier molecular flexibility index (Phi) is 6.03. The summed E-state index contributed by atoms with van der Waals surface area (Å²) in [5, 5.41) is 2.81. The Labute approximate surface area is 119 Å². The maximum atomic E-state index is 12.1. The number of nitrogens with zero attached hydrogens (tertiary/aromatic N) is 1. The highest BCUT2D eigenvalue weighted by molar-refractivity contribution is 5.97. The molecule has 0 spiro atoms. The van der Waals surface area contributed by atoms with Crippen molar-refractivity contribution in [2.45, 2.75) is 19.8 Å². The quantitative estimate of drug-likeness (QED) is 0.804. The van der Waals surface area contributed by atoms with Crippen LogP contribution in [0.3, 0.4) is 0 Å². The Morgan fingerprint density at radius 3 is 2.60 bits per heavy atom. The van der Waals surface area contributed by atoms with Gasteiger partial charge in [0, 0.05) is 27.1 Å². The van der Waals surface area contributed by atoms with Gasteiger partial charge >= 0.3 is 0 Å². The molecule has 5 nitrogen and oxygen atoms in total. The smallest absolute Gasteiger partial charge is 0.255 e. The van der Waals surface area contributed by atoms with Gasteiger partial charge in [-0.1, -0.05) is 11.6 Å². The third-order valence-electron chi connectivity index (χ3n) is 2.95. The van der Waals surface area contributed by atoms with Crippen molar-refractivity contribution in [1.82, 2.24) is 10.2 Å². The zero-order chi connectivity index (χ0) is 15.1. The predicted octanol–water partition coefficient (Wildman–Crippen LogP) is 1.60. The lowest BCUT2D eigenvalue weighted by atomic mass is 10.1. The van der Waals surface area contributed by atoms with Crippen LogP contribution in [-0.2, 0) is 4.79 Å². The summed E-state index contributed by atoms with van der Waals surface area (Å²) in [5.74, 6) is 0.438. The molecule has 1 aromatic rings. The van der Waals surface area contributed by atoms with Gasteiger partial charge in [-0.25, -0.2) is 0 Å². The molecular formula is C15H22N2O3. The van der Waals surface area contributed by atoms with Crippen molar-refractivity contribution in [1.29, 1.82) is 0 Å². The summed E-state index contributed by atoms with van der Waals surface area (Å²) in [5.41, 5.74) is 1.52. The Hall–Kier alpha value is -2.04. The average molecular weight is 278 g/mol. The Balaban J connectivity index is 2.51. The van der Waals surface area contributed by atoms with Crippen LogP contribution in [0.5, 0.6) is 5.75 Å². The first-order valence-electron chi connectivity index (χ1n) is 6.58. The number of hydrogen-bond donors (Lipinski definition) is 1. The third kappa shape index (κ3) is 4.57. The van der Waals surface area contributed by atoms with E-state index in [0.717, 1.165) is 5.56 Å². The van der Waals surface area contributed by atoms with Crippen LogP contribution in [0.1, 0.15) is 28.8 Å². The Bertz CT molecular complexity index is 484. The minimum absolute atomic E-state index is 0.0624. The average Bonchev–Trinajstić information content (AvgIpc) is 2.42. The Morgan fingerprint density at radius 2 is 2.00 bits per heavy atom. The summed E-state index contributed by atoms with van der Waals surface area (Å²) in [6, 6.07) is 5.46. The third-order valence-corrected chi connectivity index (χ3v) is 2.95. The molecule has 5 heteroatoms. The summed E-state index contributed by atoms with van der Waals surface area (Å²) in [6.45, 7) is 2.39. The summed E-state index contributed by atoms with van der Waals surface area (Å²) >= 11 is 0. The molecular weight excluding hydrogens is 256 g/mol. The van der Waals surface area contributed by atoms with Gasteiger partial charge in [0.25, 0.3) is 5.91 Å². The van der Waals surface area contributed by atoms with Crippen molar-refractivity contribution in [3.8, 4) is 5.75 Å². The van der Waals surface area contributed by atoms with E-state index in [2.05, 4.69) is 5.32 Å². The lowest BCUT2D eigenvalue weighted by Gasteiger charge is -2.11. The van der Waals surface area contributed by atoms with Crippen LogP contribution in [0.25, 0.3) is 0 Å². The van der Waals surface area contributed by atoms with E-state index in [0.29, 0.717) is 30.7 Å². The highest BCUT2D eigenvalue weighted by atomic mass is 16.5. The largest absolute Gasteiger partial charge is 0.496 e. The van der Waals surface area contributed by atoms with Crippen LogP contribution in [0.15, 0.2) is 18.2 Å². The van der Waals surface area contributed by atoms with Gasteiger partial charge in [-0.15, -0.1) is 0 Å². The summed E-state index contributed by atoms with van der Waals surface area (Å²) in [4.78, 5) is 25.0. The summed E-state index contributed by atoms with van der Waals surface area (Å²) < 4.78 is 5.18. The highest BCUT2D eigenvalue weighted by Crippen LogP contribution is 2.19. The molecule has 0 heterocycles. The van der Waals surface area contributed by atoms with E-state index >= 15 is 0 Å². The van der Waals surface area contributed by atoms with Gasteiger partial charge in [0.15, 0.2) is 0 Å². The zero-order valence-electron chi connectivity index (χ0n) is 12.5. The number of hydrogen-bond acceptors (Lipinski definition) is 3. The van der Waals surface area contributed by atoms with Crippen molar-refractivity contribution in [2.24, 2.45) is 0 Å². The van der Waals surface area contributed by atoms with E-state index < -0.39 is 0 Å². The first-order chi connectivity index (χ1) is 9.45. The number of methoxy groups -OCH3 is 1. The molecule has 0 fully saturated rings. The Morgan fingerprint density at radius 1 is 1.30 bits per heavy atom. The van der Waals surface area contributed by atoms with E-state index in [4.69, 9.17) is 4.74 Å². The molecule has 1 aromatic carbocycles. The fourth-order valence-corrected chi connectivity index (χ4v) is 1.76. The molecule has 0 aliphatic rings. The number of ether oxygens (including phenoxy) is 1. The maximum Gasteiger partial charge on any atom is 0.255 e. The van der Waals surface area contributed by atoms with Crippen molar-refractivity contribution < 1.29 is 14.3 Å². The monoisotopic (exact) mass is 278 g/mol. The molecule has 1 N–H and O–H groups in total. The molecule has 0 radical (unpaired) electrons. The molecule has 0 saturated heterocycles. The molecule has 0 atom stereocenters. The predicted molar refractivity (Wildman–Crippen MR) is 78.0 cm³/mol. The van der Waals surface area contributed by atoms with Gasteiger partial charge in [0.1, 0.15) is 5.75 Å². The van der Waals surface area contributed by atoms with Crippen LogP contribution >= 0.6 is 0 Å². The number of rotatable bonds is 6.